The summed E-state index contributed by atoms with van der Waals surface area (Å²) in [5.74, 6) is 0.633. The molecular weight excluding hydrogens is 208 g/mol. The van der Waals surface area contributed by atoms with Gasteiger partial charge in [0, 0.05) is 13.1 Å². The summed E-state index contributed by atoms with van der Waals surface area (Å²) in [5, 5.41) is 14.5. The highest BCUT2D eigenvalue weighted by molar-refractivity contribution is 5.81. The van der Waals surface area contributed by atoms with Crippen molar-refractivity contribution >= 4 is 5.91 Å². The molecular formula is C11H16N2O3. The van der Waals surface area contributed by atoms with Gasteiger partial charge in [-0.1, -0.05) is 12.2 Å². The Morgan fingerprint density at radius 3 is 3.38 bits per heavy atom. The maximum absolute atomic E-state index is 11.6. The molecule has 1 saturated heterocycles. The first-order valence-corrected chi connectivity index (χ1v) is 5.46. The Morgan fingerprint density at radius 1 is 1.69 bits per heavy atom. The second-order valence-electron chi connectivity index (χ2n) is 3.81. The molecule has 1 aliphatic heterocycles. The van der Waals surface area contributed by atoms with Gasteiger partial charge in [-0.05, 0) is 12.5 Å². The van der Waals surface area contributed by atoms with Crippen LogP contribution in [0, 0.1) is 0 Å². The molecule has 2 atom stereocenters. The summed E-state index contributed by atoms with van der Waals surface area (Å²) < 4.78 is 5.60. The zero-order valence-electron chi connectivity index (χ0n) is 8.98. The number of nitrogens with one attached hydrogen (secondary N) is 2. The monoisotopic (exact) mass is 224 g/mol. The van der Waals surface area contributed by atoms with Gasteiger partial charge in [-0.3, -0.25) is 4.79 Å². The lowest BCUT2D eigenvalue weighted by Gasteiger charge is -2.33. The Balaban J connectivity index is 1.91. The number of ether oxygens (including phenoxy) is 1. The van der Waals surface area contributed by atoms with E-state index in [1.807, 2.05) is 12.2 Å². The minimum atomic E-state index is -0.499. The molecule has 0 aromatic rings. The van der Waals surface area contributed by atoms with Crippen molar-refractivity contribution in [2.24, 2.45) is 0 Å². The topological polar surface area (TPSA) is 70.6 Å². The Hall–Kier alpha value is -1.33. The number of fused-ring (bicyclic) bond motifs is 1. The summed E-state index contributed by atoms with van der Waals surface area (Å²) in [6.45, 7) is 0.716. The molecule has 0 aromatic carbocycles. The van der Waals surface area contributed by atoms with Crippen molar-refractivity contribution in [2.45, 2.75) is 18.6 Å². The molecule has 0 bridgehead atoms. The second kappa shape index (κ2) is 5.14. The standard InChI is InChI=1S/C11H16N2O3/c14-6-5-12-11(15)10-7-13-8-3-1-2-4-9(8)16-10/h1-2,4,8,10,13-14H,3,5-7H2,(H,12,15). The minimum Gasteiger partial charge on any atom is -0.482 e. The largest absolute Gasteiger partial charge is 0.482 e. The van der Waals surface area contributed by atoms with Gasteiger partial charge in [0.15, 0.2) is 6.10 Å². The summed E-state index contributed by atoms with van der Waals surface area (Å²) in [4.78, 5) is 11.6. The van der Waals surface area contributed by atoms with E-state index >= 15 is 0 Å². The lowest BCUT2D eigenvalue weighted by molar-refractivity contribution is -0.132. The molecule has 2 aliphatic rings. The maximum Gasteiger partial charge on any atom is 0.262 e. The smallest absolute Gasteiger partial charge is 0.262 e. The number of amides is 1. The van der Waals surface area contributed by atoms with Crippen LogP contribution in [0.2, 0.25) is 0 Å². The molecule has 0 saturated carbocycles. The van der Waals surface area contributed by atoms with Crippen molar-refractivity contribution in [3.8, 4) is 0 Å². The number of carbonyl (C=O) groups excluding carboxylic acids is 1. The Kier molecular flexibility index (Phi) is 3.58. The van der Waals surface area contributed by atoms with Crippen molar-refractivity contribution in [1.82, 2.24) is 10.6 Å². The van der Waals surface area contributed by atoms with Crippen LogP contribution in [0.3, 0.4) is 0 Å². The fraction of sp³-hybridized carbons (Fsp3) is 0.545. The van der Waals surface area contributed by atoms with Crippen molar-refractivity contribution < 1.29 is 14.6 Å². The van der Waals surface area contributed by atoms with Crippen molar-refractivity contribution in [1.29, 1.82) is 0 Å². The van der Waals surface area contributed by atoms with Crippen molar-refractivity contribution in [3.63, 3.8) is 0 Å². The van der Waals surface area contributed by atoms with E-state index in [-0.39, 0.29) is 25.1 Å². The maximum atomic E-state index is 11.6. The van der Waals surface area contributed by atoms with Gasteiger partial charge in [0.25, 0.3) is 5.91 Å². The van der Waals surface area contributed by atoms with Gasteiger partial charge in [0.05, 0.1) is 12.6 Å². The van der Waals surface area contributed by atoms with Gasteiger partial charge in [0.2, 0.25) is 0 Å². The highest BCUT2D eigenvalue weighted by Gasteiger charge is 2.30. The lowest BCUT2D eigenvalue weighted by atomic mass is 10.0. The molecule has 88 valence electrons. The summed E-state index contributed by atoms with van der Waals surface area (Å²) in [7, 11) is 0. The van der Waals surface area contributed by atoms with Crippen LogP contribution in [0.25, 0.3) is 0 Å². The average molecular weight is 224 g/mol. The van der Waals surface area contributed by atoms with Crippen LogP contribution >= 0.6 is 0 Å². The van der Waals surface area contributed by atoms with Crippen LogP contribution in [-0.2, 0) is 9.53 Å². The van der Waals surface area contributed by atoms with Crippen molar-refractivity contribution in [3.05, 3.63) is 24.0 Å². The first kappa shape index (κ1) is 11.2. The number of hydrogen-bond donors (Lipinski definition) is 3. The van der Waals surface area contributed by atoms with E-state index in [0.717, 1.165) is 12.2 Å². The van der Waals surface area contributed by atoms with E-state index in [9.17, 15) is 4.79 Å². The number of allylic oxidation sites excluding steroid dienone is 2. The van der Waals surface area contributed by atoms with E-state index in [1.54, 1.807) is 0 Å². The predicted octanol–water partition coefficient (Wildman–Crippen LogP) is -0.704. The van der Waals surface area contributed by atoms with E-state index in [2.05, 4.69) is 16.7 Å². The first-order chi connectivity index (χ1) is 7.81. The van der Waals surface area contributed by atoms with Crippen molar-refractivity contribution in [2.75, 3.05) is 19.7 Å². The van der Waals surface area contributed by atoms with Crippen LogP contribution in [-0.4, -0.2) is 42.9 Å². The molecule has 0 radical (unpaired) electrons. The third kappa shape index (κ3) is 2.43. The van der Waals surface area contributed by atoms with Gasteiger partial charge < -0.3 is 20.5 Å². The van der Waals surface area contributed by atoms with Crippen LogP contribution in [0.5, 0.6) is 0 Å². The number of carbonyl (C=O) groups is 1. The Morgan fingerprint density at radius 2 is 2.56 bits per heavy atom. The number of morpholine rings is 1. The SMILES string of the molecule is O=C(NCCO)C1CNC2CC=CC=C2O1. The Labute approximate surface area is 94.2 Å². The van der Waals surface area contributed by atoms with E-state index in [0.29, 0.717) is 6.54 Å². The molecule has 5 heteroatoms. The molecule has 16 heavy (non-hydrogen) atoms. The van der Waals surface area contributed by atoms with Gasteiger partial charge in [-0.2, -0.15) is 0 Å². The molecule has 0 aromatic heterocycles. The van der Waals surface area contributed by atoms with Crippen LogP contribution in [0.4, 0.5) is 0 Å². The quantitative estimate of drug-likeness (QED) is 0.592. The summed E-state index contributed by atoms with van der Waals surface area (Å²) in [6.07, 6.45) is 6.28. The van der Waals surface area contributed by atoms with Gasteiger partial charge in [-0.25, -0.2) is 0 Å². The molecule has 1 fully saturated rings. The average Bonchev–Trinajstić information content (AvgIpc) is 2.35. The molecule has 1 amide bonds. The first-order valence-electron chi connectivity index (χ1n) is 5.46. The van der Waals surface area contributed by atoms with Gasteiger partial charge >= 0.3 is 0 Å². The van der Waals surface area contributed by atoms with Crippen LogP contribution in [0.1, 0.15) is 6.42 Å². The minimum absolute atomic E-state index is 0.0556. The lowest BCUT2D eigenvalue weighted by Crippen LogP contribution is -2.51. The molecule has 2 rings (SSSR count). The fourth-order valence-corrected chi connectivity index (χ4v) is 1.81. The van der Waals surface area contributed by atoms with Crippen LogP contribution in [0.15, 0.2) is 24.0 Å². The highest BCUT2D eigenvalue weighted by atomic mass is 16.5. The molecule has 5 nitrogen and oxygen atoms in total. The third-order valence-corrected chi connectivity index (χ3v) is 2.64. The third-order valence-electron chi connectivity index (χ3n) is 2.64. The van der Waals surface area contributed by atoms with E-state index in [1.165, 1.54) is 0 Å². The molecule has 3 N–H and O–H groups in total. The summed E-state index contributed by atoms with van der Waals surface area (Å²) in [5.41, 5.74) is 0. The number of aliphatic hydroxyl groups is 1. The van der Waals surface area contributed by atoms with E-state index < -0.39 is 6.10 Å². The number of hydrogen-bond acceptors (Lipinski definition) is 4. The van der Waals surface area contributed by atoms with E-state index in [4.69, 9.17) is 9.84 Å². The zero-order valence-corrected chi connectivity index (χ0v) is 8.98. The predicted molar refractivity (Wildman–Crippen MR) is 58.6 cm³/mol. The molecule has 1 heterocycles. The molecule has 1 aliphatic carbocycles. The number of aliphatic hydroxyl groups excluding tert-OH is 1. The van der Waals surface area contributed by atoms with Gasteiger partial charge in [0.1, 0.15) is 5.76 Å². The zero-order chi connectivity index (χ0) is 11.4. The normalized spacial score (nSPS) is 27.7. The molecule has 2 unspecified atom stereocenters. The van der Waals surface area contributed by atoms with Crippen LogP contribution < -0.4 is 10.6 Å². The number of rotatable bonds is 3. The second-order valence-corrected chi connectivity index (χ2v) is 3.81. The molecule has 0 spiro atoms. The summed E-state index contributed by atoms with van der Waals surface area (Å²) >= 11 is 0. The highest BCUT2D eigenvalue weighted by Crippen LogP contribution is 2.20. The fourth-order valence-electron chi connectivity index (χ4n) is 1.81. The Bertz CT molecular complexity index is 325. The van der Waals surface area contributed by atoms with Gasteiger partial charge in [-0.15, -0.1) is 0 Å². The summed E-state index contributed by atoms with van der Waals surface area (Å²) in [6, 6.07) is 0.201.